The fourth-order valence-electron chi connectivity index (χ4n) is 1.61. The molecule has 1 N–H and O–H groups in total. The lowest BCUT2D eigenvalue weighted by Crippen LogP contribution is -2.24. The van der Waals surface area contributed by atoms with Crippen LogP contribution in [0, 0.1) is 10.1 Å². The second kappa shape index (κ2) is 7.90. The number of nitrogens with one attached hydrogen (secondary N) is 1. The quantitative estimate of drug-likeness (QED) is 0.499. The van der Waals surface area contributed by atoms with Crippen LogP contribution in [0.15, 0.2) is 53.6 Å². The minimum atomic E-state index is -0.504. The molecule has 0 bridgehead atoms. The first kappa shape index (κ1) is 16.4. The Morgan fingerprint density at radius 2 is 2.04 bits per heavy atom. The third-order valence-corrected chi connectivity index (χ3v) is 2.92. The number of ether oxygens (including phenoxy) is 1. The highest BCUT2D eigenvalue weighted by molar-refractivity contribution is 6.30. The third-order valence-electron chi connectivity index (χ3n) is 2.67. The van der Waals surface area contributed by atoms with E-state index in [1.165, 1.54) is 24.4 Å². The second-order valence-electron chi connectivity index (χ2n) is 4.39. The molecule has 7 nitrogen and oxygen atoms in total. The molecule has 0 heterocycles. The van der Waals surface area contributed by atoms with Gasteiger partial charge in [-0.1, -0.05) is 23.7 Å². The number of nitro groups is 1. The lowest BCUT2D eigenvalue weighted by atomic mass is 10.2. The van der Waals surface area contributed by atoms with Gasteiger partial charge in [-0.2, -0.15) is 5.10 Å². The molecule has 0 aliphatic rings. The minimum absolute atomic E-state index is 0.0497. The van der Waals surface area contributed by atoms with E-state index in [1.807, 2.05) is 0 Å². The predicted octanol–water partition coefficient (Wildman–Crippen LogP) is 2.78. The summed E-state index contributed by atoms with van der Waals surface area (Å²) in [6.45, 7) is -0.214. The van der Waals surface area contributed by atoms with Gasteiger partial charge in [0.1, 0.15) is 5.75 Å². The van der Waals surface area contributed by atoms with Gasteiger partial charge in [0.15, 0.2) is 6.61 Å². The maximum atomic E-state index is 11.6. The molecular weight excluding hydrogens is 322 g/mol. The highest BCUT2D eigenvalue weighted by Crippen LogP contribution is 2.15. The summed E-state index contributed by atoms with van der Waals surface area (Å²) in [5, 5.41) is 14.9. The van der Waals surface area contributed by atoms with Gasteiger partial charge in [-0.3, -0.25) is 14.9 Å². The summed E-state index contributed by atoms with van der Waals surface area (Å²) >= 11 is 5.74. The zero-order valence-corrected chi connectivity index (χ0v) is 12.6. The van der Waals surface area contributed by atoms with Crippen LogP contribution in [-0.2, 0) is 4.79 Å². The zero-order chi connectivity index (χ0) is 16.7. The molecule has 0 aliphatic heterocycles. The van der Waals surface area contributed by atoms with Crippen molar-refractivity contribution >= 4 is 29.4 Å². The lowest BCUT2D eigenvalue weighted by molar-refractivity contribution is -0.384. The lowest BCUT2D eigenvalue weighted by Gasteiger charge is -2.04. The third kappa shape index (κ3) is 5.40. The van der Waals surface area contributed by atoms with Crippen LogP contribution < -0.4 is 10.2 Å². The first-order valence-electron chi connectivity index (χ1n) is 6.49. The van der Waals surface area contributed by atoms with E-state index in [-0.39, 0.29) is 12.3 Å². The van der Waals surface area contributed by atoms with Gasteiger partial charge < -0.3 is 4.74 Å². The van der Waals surface area contributed by atoms with Gasteiger partial charge in [-0.15, -0.1) is 0 Å². The number of benzene rings is 2. The van der Waals surface area contributed by atoms with Crippen LogP contribution >= 0.6 is 11.6 Å². The highest BCUT2D eigenvalue weighted by Gasteiger charge is 2.04. The van der Waals surface area contributed by atoms with Gasteiger partial charge in [0, 0.05) is 22.7 Å². The van der Waals surface area contributed by atoms with Crippen molar-refractivity contribution in [1.82, 2.24) is 5.43 Å². The maximum Gasteiger partial charge on any atom is 0.277 e. The van der Waals surface area contributed by atoms with E-state index in [0.717, 1.165) is 0 Å². The number of nitro benzene ring substituents is 1. The van der Waals surface area contributed by atoms with Crippen molar-refractivity contribution in [2.24, 2.45) is 5.10 Å². The number of carbonyl (C=O) groups excluding carboxylic acids is 1. The van der Waals surface area contributed by atoms with Crippen LogP contribution in [0.5, 0.6) is 5.75 Å². The molecule has 0 saturated heterocycles. The smallest absolute Gasteiger partial charge is 0.277 e. The first-order valence-corrected chi connectivity index (χ1v) is 6.87. The first-order chi connectivity index (χ1) is 11.0. The van der Waals surface area contributed by atoms with Crippen molar-refractivity contribution in [3.05, 3.63) is 69.2 Å². The van der Waals surface area contributed by atoms with Crippen LogP contribution in [0.3, 0.4) is 0 Å². The average molecular weight is 334 g/mol. The average Bonchev–Trinajstić information content (AvgIpc) is 2.54. The Labute approximate surface area is 136 Å². The van der Waals surface area contributed by atoms with Gasteiger partial charge in [0.2, 0.25) is 0 Å². The molecule has 0 atom stereocenters. The van der Waals surface area contributed by atoms with Crippen LogP contribution in [0.4, 0.5) is 5.69 Å². The van der Waals surface area contributed by atoms with E-state index in [2.05, 4.69) is 10.5 Å². The van der Waals surface area contributed by atoms with E-state index < -0.39 is 10.8 Å². The summed E-state index contributed by atoms with van der Waals surface area (Å²) in [4.78, 5) is 21.7. The standard InChI is InChI=1S/C15H12ClN3O4/c16-12-4-6-14(7-5-12)23-10-15(20)18-17-9-11-2-1-3-13(8-11)19(21)22/h1-9H,10H2,(H,18,20)/b17-9+. The van der Waals surface area contributed by atoms with Gasteiger partial charge in [-0.25, -0.2) is 5.43 Å². The van der Waals surface area contributed by atoms with E-state index >= 15 is 0 Å². The Balaban J connectivity index is 1.83. The summed E-state index contributed by atoms with van der Waals surface area (Å²) in [5.74, 6) is 0.0499. The number of non-ortho nitro benzene ring substituents is 1. The maximum absolute atomic E-state index is 11.6. The van der Waals surface area contributed by atoms with E-state index in [4.69, 9.17) is 16.3 Å². The monoisotopic (exact) mass is 333 g/mol. The summed E-state index contributed by atoms with van der Waals surface area (Å²) in [6.07, 6.45) is 1.31. The normalized spacial score (nSPS) is 10.5. The Morgan fingerprint density at radius 1 is 1.30 bits per heavy atom. The van der Waals surface area contributed by atoms with Crippen molar-refractivity contribution in [2.45, 2.75) is 0 Å². The largest absolute Gasteiger partial charge is 0.484 e. The number of halogens is 1. The molecule has 118 valence electrons. The van der Waals surface area contributed by atoms with Crippen molar-refractivity contribution < 1.29 is 14.5 Å². The van der Waals surface area contributed by atoms with E-state index in [0.29, 0.717) is 16.3 Å². The highest BCUT2D eigenvalue weighted by atomic mass is 35.5. The zero-order valence-electron chi connectivity index (χ0n) is 11.8. The Hall–Kier alpha value is -2.93. The van der Waals surface area contributed by atoms with Crippen LogP contribution in [0.1, 0.15) is 5.56 Å². The molecule has 1 amide bonds. The molecule has 0 aliphatic carbocycles. The van der Waals surface area contributed by atoms with Crippen LogP contribution in [0.25, 0.3) is 0 Å². The molecule has 2 aromatic carbocycles. The predicted molar refractivity (Wildman–Crippen MR) is 85.8 cm³/mol. The van der Waals surface area contributed by atoms with Crippen molar-refractivity contribution in [3.8, 4) is 5.75 Å². The Bertz CT molecular complexity index is 732. The number of hydrazone groups is 1. The van der Waals surface area contributed by atoms with Crippen molar-refractivity contribution in [2.75, 3.05) is 6.61 Å². The summed E-state index contributed by atoms with van der Waals surface area (Å²) in [6, 6.07) is 12.5. The molecule has 23 heavy (non-hydrogen) atoms. The van der Waals surface area contributed by atoms with Crippen LogP contribution in [0.2, 0.25) is 5.02 Å². The molecule has 2 rings (SSSR count). The van der Waals surface area contributed by atoms with Crippen molar-refractivity contribution in [1.29, 1.82) is 0 Å². The van der Waals surface area contributed by atoms with E-state index in [1.54, 1.807) is 30.3 Å². The molecule has 0 radical (unpaired) electrons. The molecule has 8 heteroatoms. The summed E-state index contributed by atoms with van der Waals surface area (Å²) in [5.41, 5.74) is 2.72. The molecule has 0 fully saturated rings. The number of hydrogen-bond donors (Lipinski definition) is 1. The number of hydrogen-bond acceptors (Lipinski definition) is 5. The number of amides is 1. The van der Waals surface area contributed by atoms with Gasteiger partial charge >= 0.3 is 0 Å². The van der Waals surface area contributed by atoms with E-state index in [9.17, 15) is 14.9 Å². The SMILES string of the molecule is O=C(COc1ccc(Cl)cc1)N/N=C/c1cccc([N+](=O)[O-])c1. The Morgan fingerprint density at radius 3 is 2.74 bits per heavy atom. The minimum Gasteiger partial charge on any atom is -0.484 e. The molecule has 0 unspecified atom stereocenters. The van der Waals surface area contributed by atoms with Gasteiger partial charge in [0.05, 0.1) is 11.1 Å². The number of carbonyl (C=O) groups is 1. The summed E-state index contributed by atoms with van der Waals surface area (Å²) in [7, 11) is 0. The topological polar surface area (TPSA) is 93.8 Å². The molecular formula is C15H12ClN3O4. The van der Waals surface area contributed by atoms with Crippen LogP contribution in [-0.4, -0.2) is 23.7 Å². The second-order valence-corrected chi connectivity index (χ2v) is 4.82. The summed E-state index contributed by atoms with van der Waals surface area (Å²) < 4.78 is 5.24. The molecule has 2 aromatic rings. The number of rotatable bonds is 6. The molecule has 0 saturated carbocycles. The van der Waals surface area contributed by atoms with Gasteiger partial charge in [-0.05, 0) is 24.3 Å². The molecule has 0 aromatic heterocycles. The fourth-order valence-corrected chi connectivity index (χ4v) is 1.74. The Kier molecular flexibility index (Phi) is 5.65. The molecule has 0 spiro atoms. The fraction of sp³-hybridized carbons (Fsp3) is 0.0667. The van der Waals surface area contributed by atoms with Gasteiger partial charge in [0.25, 0.3) is 11.6 Å². The van der Waals surface area contributed by atoms with Crippen molar-refractivity contribution in [3.63, 3.8) is 0 Å². The number of nitrogens with zero attached hydrogens (tertiary/aromatic N) is 2.